The van der Waals surface area contributed by atoms with Crippen LogP contribution in [0.3, 0.4) is 0 Å². The van der Waals surface area contributed by atoms with Gasteiger partial charge in [-0.1, -0.05) is 52.9 Å². The molecule has 5 nitrogen and oxygen atoms in total. The molecule has 1 fully saturated rings. The molecule has 1 aliphatic rings. The van der Waals surface area contributed by atoms with E-state index in [2.05, 4.69) is 38.8 Å². The molecule has 1 heterocycles. The molecule has 0 amide bonds. The van der Waals surface area contributed by atoms with Crippen molar-refractivity contribution in [1.82, 2.24) is 4.98 Å². The summed E-state index contributed by atoms with van der Waals surface area (Å²) in [5, 5.41) is 0.877. The van der Waals surface area contributed by atoms with Gasteiger partial charge in [-0.2, -0.15) is 0 Å². The van der Waals surface area contributed by atoms with Crippen molar-refractivity contribution in [3.05, 3.63) is 16.1 Å². The fraction of sp³-hybridized carbons (Fsp3) is 0.800. The Morgan fingerprint density at radius 3 is 2.52 bits per heavy atom. The van der Waals surface area contributed by atoms with Crippen LogP contribution in [0.25, 0.3) is 0 Å². The van der Waals surface area contributed by atoms with Crippen LogP contribution in [0.5, 0.6) is 0 Å². The largest absolute Gasteiger partial charge is 0.465 e. The number of thiazole rings is 1. The number of carbonyl (C=O) groups excluding carboxylic acids is 1. The van der Waals surface area contributed by atoms with Gasteiger partial charge in [0.2, 0.25) is 0 Å². The molecule has 1 saturated carbocycles. The third kappa shape index (κ3) is 5.86. The maximum Gasteiger partial charge on any atom is 0.349 e. The molecular weight excluding hydrogens is 376 g/mol. The second-order valence-electron chi connectivity index (χ2n) is 9.26. The highest BCUT2D eigenvalue weighted by molar-refractivity contribution is 7.13. The van der Waals surface area contributed by atoms with Crippen molar-refractivity contribution in [3.63, 3.8) is 0 Å². The molecule has 1 aromatic heterocycles. The maximum atomic E-state index is 11.9. The summed E-state index contributed by atoms with van der Waals surface area (Å²) in [5.41, 5.74) is 6.70. The Labute approximate surface area is 169 Å². The van der Waals surface area contributed by atoms with Crippen molar-refractivity contribution in [2.45, 2.75) is 89.6 Å². The third-order valence-electron chi connectivity index (χ3n) is 6.10. The van der Waals surface area contributed by atoms with Crippen LogP contribution in [0.1, 0.15) is 80.1 Å². The molecule has 0 aromatic carbocycles. The highest BCUT2D eigenvalue weighted by Gasteiger charge is 2.42. The zero-order chi connectivity index (χ0) is 20.2. The highest BCUT2D eigenvalue weighted by Crippen LogP contribution is 2.42. The second-order valence-corrected chi connectivity index (χ2v) is 15.1. The third-order valence-corrected chi connectivity index (χ3v) is 11.6. The first kappa shape index (κ1) is 22.5. The molecule has 2 rings (SSSR count). The predicted octanol–water partition coefficient (Wildman–Crippen LogP) is 5.29. The number of aromatic nitrogens is 1. The summed E-state index contributed by atoms with van der Waals surface area (Å²) in [5.74, 6) is 0.310. The van der Waals surface area contributed by atoms with Crippen molar-refractivity contribution < 1.29 is 14.0 Å². The predicted molar refractivity (Wildman–Crippen MR) is 114 cm³/mol. The molecular formula is C20H36N2O3SSi. The quantitative estimate of drug-likeness (QED) is 0.486. The maximum absolute atomic E-state index is 11.9. The Morgan fingerprint density at radius 2 is 1.96 bits per heavy atom. The van der Waals surface area contributed by atoms with Crippen LogP contribution in [0, 0.1) is 5.92 Å². The van der Waals surface area contributed by atoms with Crippen molar-refractivity contribution in [3.8, 4) is 0 Å². The number of esters is 1. The standard InChI is InChI=1S/C20H36N2O3SSi/c1-20(2,3)27(5,6)25-17(15(21)12-14-10-8-7-9-11-14)18-22-13-16(26-18)19(23)24-4/h13-15,17H,7-12,21H2,1-6H3. The summed E-state index contributed by atoms with van der Waals surface area (Å²) in [7, 11) is -0.646. The van der Waals surface area contributed by atoms with Gasteiger partial charge in [0, 0.05) is 6.04 Å². The van der Waals surface area contributed by atoms with Crippen molar-refractivity contribution in [2.75, 3.05) is 7.11 Å². The van der Waals surface area contributed by atoms with Gasteiger partial charge in [-0.15, -0.1) is 11.3 Å². The lowest BCUT2D eigenvalue weighted by Gasteiger charge is -2.40. The van der Waals surface area contributed by atoms with E-state index in [-0.39, 0.29) is 23.2 Å². The Balaban J connectivity index is 2.24. The molecule has 7 heteroatoms. The molecule has 0 spiro atoms. The number of nitrogens with zero attached hydrogens (tertiary/aromatic N) is 1. The van der Waals surface area contributed by atoms with E-state index < -0.39 is 8.32 Å². The second kappa shape index (κ2) is 9.16. The zero-order valence-corrected chi connectivity index (χ0v) is 19.5. The zero-order valence-electron chi connectivity index (χ0n) is 17.7. The molecule has 0 radical (unpaired) electrons. The molecule has 2 unspecified atom stereocenters. The van der Waals surface area contributed by atoms with E-state index in [9.17, 15) is 4.79 Å². The first-order chi connectivity index (χ1) is 12.5. The van der Waals surface area contributed by atoms with Crippen LogP contribution in [-0.2, 0) is 9.16 Å². The van der Waals surface area contributed by atoms with Gasteiger partial charge >= 0.3 is 5.97 Å². The van der Waals surface area contributed by atoms with Gasteiger partial charge in [-0.05, 0) is 30.5 Å². The van der Waals surface area contributed by atoms with Crippen LogP contribution in [-0.4, -0.2) is 32.4 Å². The molecule has 1 aromatic rings. The van der Waals surface area contributed by atoms with Gasteiger partial charge in [0.25, 0.3) is 0 Å². The fourth-order valence-corrected chi connectivity index (χ4v) is 5.66. The first-order valence-corrected chi connectivity index (χ1v) is 13.7. The number of nitrogens with two attached hydrogens (primary N) is 1. The van der Waals surface area contributed by atoms with Gasteiger partial charge in [0.05, 0.1) is 13.3 Å². The number of hydrogen-bond donors (Lipinski definition) is 1. The van der Waals surface area contributed by atoms with Crippen molar-refractivity contribution >= 4 is 25.6 Å². The summed E-state index contributed by atoms with van der Waals surface area (Å²) in [6.07, 6.45) is 8.72. The molecule has 0 saturated heterocycles. The molecule has 2 atom stereocenters. The van der Waals surface area contributed by atoms with E-state index in [1.165, 1.54) is 50.6 Å². The Bertz CT molecular complexity index is 621. The molecule has 0 bridgehead atoms. The van der Waals surface area contributed by atoms with E-state index in [4.69, 9.17) is 14.9 Å². The Kier molecular flexibility index (Phi) is 7.64. The lowest BCUT2D eigenvalue weighted by atomic mass is 9.84. The number of rotatable bonds is 7. The van der Waals surface area contributed by atoms with Gasteiger partial charge in [-0.25, -0.2) is 9.78 Å². The lowest BCUT2D eigenvalue weighted by molar-refractivity contribution is 0.0606. The normalized spacial score (nSPS) is 18.9. The number of ether oxygens (including phenoxy) is 1. The minimum atomic E-state index is -2.04. The monoisotopic (exact) mass is 412 g/mol. The fourth-order valence-electron chi connectivity index (χ4n) is 3.36. The molecule has 27 heavy (non-hydrogen) atoms. The van der Waals surface area contributed by atoms with Crippen LogP contribution in [0.15, 0.2) is 6.20 Å². The topological polar surface area (TPSA) is 74.4 Å². The van der Waals surface area contributed by atoms with E-state index >= 15 is 0 Å². The van der Waals surface area contributed by atoms with Gasteiger partial charge < -0.3 is 14.9 Å². The molecule has 2 N–H and O–H groups in total. The summed E-state index contributed by atoms with van der Waals surface area (Å²) >= 11 is 1.35. The molecule has 154 valence electrons. The summed E-state index contributed by atoms with van der Waals surface area (Å²) in [6, 6.07) is -0.112. The Morgan fingerprint density at radius 1 is 1.33 bits per heavy atom. The van der Waals surface area contributed by atoms with Gasteiger partial charge in [0.1, 0.15) is 16.0 Å². The number of carbonyl (C=O) groups is 1. The number of methoxy groups -OCH3 is 1. The van der Waals surface area contributed by atoms with Crippen LogP contribution in [0.4, 0.5) is 0 Å². The highest BCUT2D eigenvalue weighted by atomic mass is 32.1. The summed E-state index contributed by atoms with van der Waals surface area (Å²) < 4.78 is 11.6. The SMILES string of the molecule is COC(=O)c1cnc(C(O[Si](C)(C)C(C)(C)C)C(N)CC2CCCCC2)s1. The van der Waals surface area contributed by atoms with Crippen LogP contribution < -0.4 is 5.73 Å². The van der Waals surface area contributed by atoms with E-state index in [0.717, 1.165) is 11.4 Å². The van der Waals surface area contributed by atoms with Crippen molar-refractivity contribution in [2.24, 2.45) is 11.7 Å². The lowest BCUT2D eigenvalue weighted by Crippen LogP contribution is -2.46. The first-order valence-electron chi connectivity index (χ1n) is 10.0. The van der Waals surface area contributed by atoms with E-state index in [0.29, 0.717) is 10.8 Å². The van der Waals surface area contributed by atoms with Crippen LogP contribution in [0.2, 0.25) is 18.1 Å². The summed E-state index contributed by atoms with van der Waals surface area (Å²) in [6.45, 7) is 11.2. The average Bonchev–Trinajstić information content (AvgIpc) is 3.08. The van der Waals surface area contributed by atoms with E-state index in [1.807, 2.05) is 0 Å². The Hall–Kier alpha value is -0.763. The van der Waals surface area contributed by atoms with Gasteiger partial charge in [-0.3, -0.25) is 0 Å². The number of hydrogen-bond acceptors (Lipinski definition) is 6. The molecule has 1 aliphatic carbocycles. The van der Waals surface area contributed by atoms with Crippen LogP contribution >= 0.6 is 11.3 Å². The summed E-state index contributed by atoms with van der Waals surface area (Å²) in [4.78, 5) is 16.9. The average molecular weight is 413 g/mol. The minimum Gasteiger partial charge on any atom is -0.465 e. The van der Waals surface area contributed by atoms with Gasteiger partial charge in [0.15, 0.2) is 8.32 Å². The molecule has 0 aliphatic heterocycles. The van der Waals surface area contributed by atoms with E-state index in [1.54, 1.807) is 6.20 Å². The smallest absolute Gasteiger partial charge is 0.349 e. The minimum absolute atomic E-state index is 0.0816. The van der Waals surface area contributed by atoms with Crippen molar-refractivity contribution in [1.29, 1.82) is 0 Å².